The zero-order valence-corrected chi connectivity index (χ0v) is 28.2. The van der Waals surface area contributed by atoms with Crippen molar-refractivity contribution in [3.8, 4) is 0 Å². The fraction of sp³-hybridized carbons (Fsp3) is 0.789. The third kappa shape index (κ3) is 17.3. The Labute approximate surface area is 260 Å². The molecular weight excluding hydrogens is 520 g/mol. The molecule has 0 saturated heterocycles. The van der Waals surface area contributed by atoms with Gasteiger partial charge in [-0.05, 0) is 55.7 Å². The van der Waals surface area contributed by atoms with Gasteiger partial charge in [0.2, 0.25) is 0 Å². The first-order chi connectivity index (χ1) is 20.6. The number of benzene rings is 1. The Morgan fingerprint density at radius 3 is 1.38 bits per heavy atom. The fourth-order valence-corrected chi connectivity index (χ4v) is 5.68. The van der Waals surface area contributed by atoms with E-state index in [4.69, 9.17) is 9.47 Å². The van der Waals surface area contributed by atoms with Gasteiger partial charge in [0.05, 0.1) is 24.3 Å². The minimum atomic E-state index is -0.379. The quantitative estimate of drug-likeness (QED) is 0.0724. The second kappa shape index (κ2) is 26.8. The van der Waals surface area contributed by atoms with E-state index < -0.39 is 0 Å². The summed E-state index contributed by atoms with van der Waals surface area (Å²) >= 11 is 0. The molecule has 0 bridgehead atoms. The molecule has 0 aromatic heterocycles. The minimum Gasteiger partial charge on any atom is -0.462 e. The van der Waals surface area contributed by atoms with Gasteiger partial charge in [0.1, 0.15) is 0 Å². The first-order valence-corrected chi connectivity index (χ1v) is 18.1. The molecular formula is C38H66O4. The molecule has 4 nitrogen and oxygen atoms in total. The Morgan fingerprint density at radius 1 is 0.476 bits per heavy atom. The predicted octanol–water partition coefficient (Wildman–Crippen LogP) is 11.7. The highest BCUT2D eigenvalue weighted by atomic mass is 16.5. The normalized spacial score (nSPS) is 11.1. The van der Waals surface area contributed by atoms with Crippen molar-refractivity contribution in [1.29, 1.82) is 0 Å². The lowest BCUT2D eigenvalue weighted by Gasteiger charge is -2.18. The highest BCUT2D eigenvalue weighted by Crippen LogP contribution is 2.27. The topological polar surface area (TPSA) is 52.6 Å². The number of carbonyl (C=O) groups is 2. The molecule has 0 atom stereocenters. The molecule has 0 aliphatic rings. The van der Waals surface area contributed by atoms with Crippen LogP contribution in [0.1, 0.15) is 201 Å². The average molecular weight is 587 g/mol. The highest BCUT2D eigenvalue weighted by Gasteiger charge is 2.25. The van der Waals surface area contributed by atoms with Crippen LogP contribution in [0.2, 0.25) is 0 Å². The fourth-order valence-electron chi connectivity index (χ4n) is 5.68. The van der Waals surface area contributed by atoms with Crippen molar-refractivity contribution in [2.75, 3.05) is 13.2 Å². The van der Waals surface area contributed by atoms with Crippen molar-refractivity contribution < 1.29 is 19.1 Å². The molecule has 1 aromatic carbocycles. The molecule has 0 amide bonds. The minimum absolute atomic E-state index is 0.342. The molecule has 4 heteroatoms. The number of esters is 2. The van der Waals surface area contributed by atoms with Gasteiger partial charge in [-0.15, -0.1) is 0 Å². The van der Waals surface area contributed by atoms with E-state index in [9.17, 15) is 9.59 Å². The molecule has 1 rings (SSSR count). The zero-order chi connectivity index (χ0) is 30.7. The van der Waals surface area contributed by atoms with Gasteiger partial charge in [-0.25, -0.2) is 9.59 Å². The number of hydrogen-bond acceptors (Lipinski definition) is 4. The van der Waals surface area contributed by atoms with E-state index in [1.54, 1.807) is 0 Å². The first-order valence-electron chi connectivity index (χ1n) is 18.1. The summed E-state index contributed by atoms with van der Waals surface area (Å²) in [5, 5.41) is 0. The summed E-state index contributed by atoms with van der Waals surface area (Å²) in [6.07, 6.45) is 27.4. The van der Waals surface area contributed by atoms with Gasteiger partial charge in [-0.2, -0.15) is 0 Å². The molecule has 0 radical (unpaired) electrons. The number of rotatable bonds is 28. The lowest BCUT2D eigenvalue weighted by molar-refractivity contribution is 0.0449. The van der Waals surface area contributed by atoms with Crippen LogP contribution in [0.15, 0.2) is 12.1 Å². The number of ether oxygens (including phenoxy) is 2. The largest absolute Gasteiger partial charge is 0.462 e. The van der Waals surface area contributed by atoms with Crippen molar-refractivity contribution >= 4 is 11.9 Å². The van der Waals surface area contributed by atoms with E-state index in [-0.39, 0.29) is 11.9 Å². The Morgan fingerprint density at radius 2 is 0.881 bits per heavy atom. The van der Waals surface area contributed by atoms with E-state index >= 15 is 0 Å². The number of aryl methyl sites for hydroxylation is 1. The van der Waals surface area contributed by atoms with Crippen LogP contribution in [0.5, 0.6) is 0 Å². The van der Waals surface area contributed by atoms with Crippen molar-refractivity contribution in [1.82, 2.24) is 0 Å². The molecule has 0 fully saturated rings. The van der Waals surface area contributed by atoms with Gasteiger partial charge >= 0.3 is 11.9 Å². The molecule has 0 unspecified atom stereocenters. The molecule has 1 aromatic rings. The van der Waals surface area contributed by atoms with Crippen LogP contribution in [0.4, 0.5) is 0 Å². The summed E-state index contributed by atoms with van der Waals surface area (Å²) in [7, 11) is 0. The second-order valence-electron chi connectivity index (χ2n) is 12.3. The monoisotopic (exact) mass is 586 g/mol. The van der Waals surface area contributed by atoms with Crippen LogP contribution >= 0.6 is 0 Å². The number of hydrogen-bond donors (Lipinski definition) is 0. The van der Waals surface area contributed by atoms with Crippen molar-refractivity contribution in [2.45, 2.75) is 182 Å². The van der Waals surface area contributed by atoms with Gasteiger partial charge in [0.15, 0.2) is 0 Å². The van der Waals surface area contributed by atoms with E-state index in [0.29, 0.717) is 24.3 Å². The zero-order valence-electron chi connectivity index (χ0n) is 28.2. The SMILES string of the molecule is CCCCCCCCCc1c(CCCCCCC)ccc(C(=O)OCCCCCCC)c1C(=O)OCCCCCCC. The Balaban J connectivity index is 3.12. The van der Waals surface area contributed by atoms with Gasteiger partial charge < -0.3 is 9.47 Å². The van der Waals surface area contributed by atoms with Gasteiger partial charge in [0, 0.05) is 0 Å². The molecule has 0 heterocycles. The second-order valence-corrected chi connectivity index (χ2v) is 12.3. The summed E-state index contributed by atoms with van der Waals surface area (Å²) in [5.41, 5.74) is 3.12. The Hall–Kier alpha value is -1.84. The highest BCUT2D eigenvalue weighted by molar-refractivity contribution is 6.04. The third-order valence-electron chi connectivity index (χ3n) is 8.38. The summed E-state index contributed by atoms with van der Waals surface area (Å²) in [6, 6.07) is 3.93. The Bertz CT molecular complexity index is 816. The summed E-state index contributed by atoms with van der Waals surface area (Å²) in [6.45, 7) is 9.71. The lowest BCUT2D eigenvalue weighted by atomic mass is 9.89. The molecule has 0 N–H and O–H groups in total. The molecule has 0 spiro atoms. The van der Waals surface area contributed by atoms with Crippen molar-refractivity contribution in [3.05, 3.63) is 34.4 Å². The standard InChI is InChI=1S/C38H66O4/c1-5-9-13-17-18-20-24-28-34-33(27-23-19-14-10-6-2)29-30-35(37(39)41-31-25-21-15-11-7-3)36(34)38(40)42-32-26-22-16-12-8-4/h29-30H,5-28,31-32H2,1-4H3. The number of carbonyl (C=O) groups excluding carboxylic acids is 2. The van der Waals surface area contributed by atoms with E-state index in [1.807, 2.05) is 6.07 Å². The van der Waals surface area contributed by atoms with Crippen LogP contribution < -0.4 is 0 Å². The summed E-state index contributed by atoms with van der Waals surface area (Å²) in [5.74, 6) is -0.720. The summed E-state index contributed by atoms with van der Waals surface area (Å²) < 4.78 is 11.6. The average Bonchev–Trinajstić information content (AvgIpc) is 3.00. The van der Waals surface area contributed by atoms with Crippen LogP contribution in [0.25, 0.3) is 0 Å². The van der Waals surface area contributed by atoms with Gasteiger partial charge in [-0.3, -0.25) is 0 Å². The maximum absolute atomic E-state index is 13.7. The van der Waals surface area contributed by atoms with E-state index in [1.165, 1.54) is 102 Å². The van der Waals surface area contributed by atoms with Gasteiger partial charge in [0.25, 0.3) is 0 Å². The molecule has 242 valence electrons. The van der Waals surface area contributed by atoms with Crippen LogP contribution in [0, 0.1) is 0 Å². The molecule has 0 aliphatic carbocycles. The molecule has 0 saturated carbocycles. The van der Waals surface area contributed by atoms with Gasteiger partial charge in [-0.1, -0.05) is 149 Å². The maximum Gasteiger partial charge on any atom is 0.339 e. The lowest BCUT2D eigenvalue weighted by Crippen LogP contribution is -2.19. The third-order valence-corrected chi connectivity index (χ3v) is 8.38. The van der Waals surface area contributed by atoms with Crippen molar-refractivity contribution in [2.24, 2.45) is 0 Å². The maximum atomic E-state index is 13.7. The van der Waals surface area contributed by atoms with Crippen molar-refractivity contribution in [3.63, 3.8) is 0 Å². The molecule has 42 heavy (non-hydrogen) atoms. The smallest absolute Gasteiger partial charge is 0.339 e. The first kappa shape index (κ1) is 38.2. The van der Waals surface area contributed by atoms with Crippen LogP contribution in [-0.2, 0) is 22.3 Å². The predicted molar refractivity (Wildman–Crippen MR) is 179 cm³/mol. The van der Waals surface area contributed by atoms with E-state index in [2.05, 4.69) is 33.8 Å². The molecule has 0 aliphatic heterocycles. The Kier molecular flexibility index (Phi) is 24.3. The van der Waals surface area contributed by atoms with E-state index in [0.717, 1.165) is 63.4 Å². The van der Waals surface area contributed by atoms with Crippen LogP contribution in [0.3, 0.4) is 0 Å². The summed E-state index contributed by atoms with van der Waals surface area (Å²) in [4.78, 5) is 27.0. The number of unbranched alkanes of at least 4 members (excludes halogenated alkanes) is 18. The van der Waals surface area contributed by atoms with Crippen LogP contribution in [-0.4, -0.2) is 25.2 Å².